The van der Waals surface area contributed by atoms with E-state index in [4.69, 9.17) is 20.2 Å². The van der Waals surface area contributed by atoms with Crippen LogP contribution in [0.4, 0.5) is 0 Å². The highest BCUT2D eigenvalue weighted by molar-refractivity contribution is 5.95. The van der Waals surface area contributed by atoms with Crippen LogP contribution in [0, 0.1) is 11.8 Å². The summed E-state index contributed by atoms with van der Waals surface area (Å²) < 4.78 is 12.6. The smallest absolute Gasteiger partial charge is 0.290 e. The summed E-state index contributed by atoms with van der Waals surface area (Å²) in [6.45, 7) is 7.24. The van der Waals surface area contributed by atoms with Crippen LogP contribution >= 0.6 is 24.8 Å². The maximum Gasteiger partial charge on any atom is 0.290 e. The standard InChI is InChI=1S/C24H37N5O4.2ClH/c1-16(2)15-29(18-11-17(22(25)30)13-26-14-18)24(31)23-27-20-8-7-19(33-4)12-21(20)28(23)9-5-6-10-32-3;;/h7-8,12,16-18,26H,5-6,9-11,13-15H2,1-4H3,(H2,25,30);2*1H/t17-,18+;;/m1../s1. The van der Waals surface area contributed by atoms with E-state index in [0.717, 1.165) is 29.6 Å². The summed E-state index contributed by atoms with van der Waals surface area (Å²) in [4.78, 5) is 32.4. The van der Waals surface area contributed by atoms with Crippen molar-refractivity contribution >= 4 is 47.7 Å². The summed E-state index contributed by atoms with van der Waals surface area (Å²) in [7, 11) is 3.32. The van der Waals surface area contributed by atoms with Gasteiger partial charge in [0.15, 0.2) is 5.82 Å². The van der Waals surface area contributed by atoms with Gasteiger partial charge in [0.25, 0.3) is 5.91 Å². The number of halogens is 2. The number of carbonyl (C=O) groups excluding carboxylic acids is 2. The molecule has 9 nitrogen and oxygen atoms in total. The fourth-order valence-electron chi connectivity index (χ4n) is 4.43. The van der Waals surface area contributed by atoms with Crippen LogP contribution in [0.15, 0.2) is 18.2 Å². The van der Waals surface area contributed by atoms with Crippen LogP contribution < -0.4 is 15.8 Å². The van der Waals surface area contributed by atoms with Gasteiger partial charge in [0, 0.05) is 52.0 Å². The van der Waals surface area contributed by atoms with Crippen molar-refractivity contribution in [1.82, 2.24) is 19.8 Å². The Bertz CT molecular complexity index is 969. The molecular formula is C24H39Cl2N5O4. The molecule has 1 aliphatic heterocycles. The van der Waals surface area contributed by atoms with E-state index in [-0.39, 0.29) is 54.5 Å². The number of ether oxygens (including phenoxy) is 2. The number of hydrogen-bond acceptors (Lipinski definition) is 6. The van der Waals surface area contributed by atoms with Gasteiger partial charge in [0.1, 0.15) is 5.75 Å². The number of nitrogens with two attached hydrogens (primary N) is 1. The van der Waals surface area contributed by atoms with Gasteiger partial charge in [-0.25, -0.2) is 4.98 Å². The molecule has 35 heavy (non-hydrogen) atoms. The summed E-state index contributed by atoms with van der Waals surface area (Å²) >= 11 is 0. The molecule has 1 aromatic heterocycles. The van der Waals surface area contributed by atoms with E-state index >= 15 is 0 Å². The Hall–Kier alpha value is -2.07. The van der Waals surface area contributed by atoms with Crippen molar-refractivity contribution in [3.63, 3.8) is 0 Å². The van der Waals surface area contributed by atoms with Gasteiger partial charge in [-0.3, -0.25) is 9.59 Å². The zero-order chi connectivity index (χ0) is 24.0. The van der Waals surface area contributed by atoms with Gasteiger partial charge < -0.3 is 30.0 Å². The van der Waals surface area contributed by atoms with Gasteiger partial charge >= 0.3 is 0 Å². The van der Waals surface area contributed by atoms with Crippen molar-refractivity contribution in [1.29, 1.82) is 0 Å². The Labute approximate surface area is 219 Å². The molecule has 3 N–H and O–H groups in total. The molecule has 2 heterocycles. The highest BCUT2D eigenvalue weighted by Gasteiger charge is 2.34. The van der Waals surface area contributed by atoms with Crippen molar-refractivity contribution in [2.45, 2.75) is 45.7 Å². The fourth-order valence-corrected chi connectivity index (χ4v) is 4.43. The van der Waals surface area contributed by atoms with Gasteiger partial charge in [0.2, 0.25) is 5.91 Å². The highest BCUT2D eigenvalue weighted by atomic mass is 35.5. The Morgan fingerprint density at radius 2 is 1.97 bits per heavy atom. The second-order valence-corrected chi connectivity index (χ2v) is 9.14. The van der Waals surface area contributed by atoms with Crippen LogP contribution in [-0.4, -0.2) is 72.8 Å². The zero-order valence-electron chi connectivity index (χ0n) is 21.0. The minimum atomic E-state index is -0.332. The summed E-state index contributed by atoms with van der Waals surface area (Å²) in [5, 5.41) is 3.28. The summed E-state index contributed by atoms with van der Waals surface area (Å²) in [5.74, 6) is 0.659. The minimum absolute atomic E-state index is 0. The third-order valence-corrected chi connectivity index (χ3v) is 6.12. The number of primary amides is 1. The topological polar surface area (TPSA) is 112 Å². The first kappa shape index (κ1) is 31.0. The maximum atomic E-state index is 13.9. The number of nitrogens with zero attached hydrogens (tertiary/aromatic N) is 3. The Morgan fingerprint density at radius 3 is 2.60 bits per heavy atom. The summed E-state index contributed by atoms with van der Waals surface area (Å²) in [6.07, 6.45) is 2.30. The number of fused-ring (bicyclic) bond motifs is 1. The first-order chi connectivity index (χ1) is 15.8. The molecule has 2 amide bonds. The number of aryl methyl sites for hydroxylation is 1. The lowest BCUT2D eigenvalue weighted by atomic mass is 9.93. The molecule has 1 aliphatic rings. The first-order valence-electron chi connectivity index (χ1n) is 11.7. The number of unbranched alkanes of at least 4 members (excludes halogenated alkanes) is 1. The molecule has 0 saturated carbocycles. The fraction of sp³-hybridized carbons (Fsp3) is 0.625. The molecular weight excluding hydrogens is 493 g/mol. The molecule has 2 aromatic rings. The van der Waals surface area contributed by atoms with Gasteiger partial charge in [-0.1, -0.05) is 13.8 Å². The average Bonchev–Trinajstić information content (AvgIpc) is 3.17. The van der Waals surface area contributed by atoms with Crippen molar-refractivity contribution in [2.24, 2.45) is 17.6 Å². The molecule has 3 rings (SSSR count). The number of piperidine rings is 1. The lowest BCUT2D eigenvalue weighted by Gasteiger charge is -2.38. The minimum Gasteiger partial charge on any atom is -0.497 e. The van der Waals surface area contributed by atoms with Crippen LogP contribution in [0.3, 0.4) is 0 Å². The van der Waals surface area contributed by atoms with Gasteiger partial charge in [-0.05, 0) is 37.3 Å². The van der Waals surface area contributed by atoms with Crippen LogP contribution in [0.1, 0.15) is 43.7 Å². The van der Waals surface area contributed by atoms with E-state index in [9.17, 15) is 9.59 Å². The normalized spacial score (nSPS) is 17.5. The predicted molar refractivity (Wildman–Crippen MR) is 142 cm³/mol. The van der Waals surface area contributed by atoms with Crippen LogP contribution in [0.2, 0.25) is 0 Å². The van der Waals surface area contributed by atoms with E-state index in [1.165, 1.54) is 0 Å². The van der Waals surface area contributed by atoms with Gasteiger partial charge in [-0.15, -0.1) is 24.8 Å². The summed E-state index contributed by atoms with van der Waals surface area (Å²) in [5.41, 5.74) is 7.21. The van der Waals surface area contributed by atoms with E-state index in [0.29, 0.717) is 45.0 Å². The van der Waals surface area contributed by atoms with Gasteiger partial charge in [-0.2, -0.15) is 0 Å². The van der Waals surface area contributed by atoms with E-state index in [1.54, 1.807) is 14.2 Å². The maximum absolute atomic E-state index is 13.9. The number of aromatic nitrogens is 2. The third kappa shape index (κ3) is 7.70. The van der Waals surface area contributed by atoms with E-state index < -0.39 is 0 Å². The van der Waals surface area contributed by atoms with Crippen molar-refractivity contribution in [2.75, 3.05) is 40.5 Å². The number of carbonyl (C=O) groups is 2. The first-order valence-corrected chi connectivity index (χ1v) is 11.7. The SMILES string of the molecule is COCCCCn1c(C(=O)N(CC(C)C)[C@@H]2CNC[C@H](C(N)=O)C2)nc2ccc(OC)cc21.Cl.Cl. The van der Waals surface area contributed by atoms with Crippen LogP contribution in [0.25, 0.3) is 11.0 Å². The molecule has 0 aliphatic carbocycles. The van der Waals surface area contributed by atoms with Crippen LogP contribution in [0.5, 0.6) is 5.75 Å². The third-order valence-electron chi connectivity index (χ3n) is 6.12. The number of benzene rings is 1. The molecule has 0 spiro atoms. The van der Waals surface area contributed by atoms with E-state index in [1.807, 2.05) is 27.7 Å². The quantitative estimate of drug-likeness (QED) is 0.431. The molecule has 0 unspecified atom stereocenters. The van der Waals surface area contributed by atoms with Crippen molar-refractivity contribution in [3.8, 4) is 5.75 Å². The number of amides is 2. The second-order valence-electron chi connectivity index (χ2n) is 9.14. The molecule has 0 bridgehead atoms. The molecule has 1 saturated heterocycles. The number of rotatable bonds is 11. The second kappa shape index (κ2) is 14.5. The molecule has 1 fully saturated rings. The molecule has 0 radical (unpaired) electrons. The lowest BCUT2D eigenvalue weighted by molar-refractivity contribution is -0.122. The number of nitrogens with one attached hydrogen (secondary N) is 1. The van der Waals surface area contributed by atoms with Crippen molar-refractivity contribution in [3.05, 3.63) is 24.0 Å². The average molecular weight is 533 g/mol. The summed E-state index contributed by atoms with van der Waals surface area (Å²) in [6, 6.07) is 5.54. The van der Waals surface area contributed by atoms with Crippen molar-refractivity contribution < 1.29 is 19.1 Å². The number of methoxy groups -OCH3 is 2. The molecule has 11 heteroatoms. The Balaban J connectivity index is 0.00000306. The number of imidazole rings is 1. The largest absolute Gasteiger partial charge is 0.497 e. The molecule has 1 aromatic carbocycles. The van der Waals surface area contributed by atoms with Crippen LogP contribution in [-0.2, 0) is 16.1 Å². The molecule has 198 valence electrons. The Kier molecular flexibility index (Phi) is 12.8. The monoisotopic (exact) mass is 531 g/mol. The Morgan fingerprint density at radius 1 is 1.23 bits per heavy atom. The van der Waals surface area contributed by atoms with E-state index in [2.05, 4.69) is 19.2 Å². The predicted octanol–water partition coefficient (Wildman–Crippen LogP) is 2.88. The lowest BCUT2D eigenvalue weighted by Crippen LogP contribution is -2.54. The zero-order valence-corrected chi connectivity index (χ0v) is 22.6. The number of hydrogen-bond donors (Lipinski definition) is 2. The molecule has 2 atom stereocenters. The highest BCUT2D eigenvalue weighted by Crippen LogP contribution is 2.25. The van der Waals surface area contributed by atoms with Gasteiger partial charge in [0.05, 0.1) is 24.1 Å².